The number of methoxy groups -OCH3 is 1. The van der Waals surface area contributed by atoms with Gasteiger partial charge in [-0.15, -0.1) is 0 Å². The molecule has 0 aliphatic rings. The number of carbonyl (C=O) groups is 1. The minimum Gasteiger partial charge on any atom is -0.468 e. The van der Waals surface area contributed by atoms with Gasteiger partial charge >= 0.3 is 5.97 Å². The normalized spacial score (nSPS) is 11.0. The maximum atomic E-state index is 11.0. The van der Waals surface area contributed by atoms with Crippen LogP contribution in [0.3, 0.4) is 0 Å². The van der Waals surface area contributed by atoms with Gasteiger partial charge in [0.05, 0.1) is 13.7 Å². The molecule has 0 unspecified atom stereocenters. The molecule has 84 valence electrons. The third-order valence-corrected chi connectivity index (χ3v) is 2.28. The number of rotatable bonds is 7. The Bertz CT molecular complexity index is 157. The highest BCUT2D eigenvalue weighted by atomic mass is 16.5. The summed E-state index contributed by atoms with van der Waals surface area (Å²) in [5.41, 5.74) is 0. The van der Waals surface area contributed by atoms with E-state index in [0.29, 0.717) is 6.54 Å². The van der Waals surface area contributed by atoms with E-state index >= 15 is 0 Å². The molecular formula is C11H23NO2. The lowest BCUT2D eigenvalue weighted by Crippen LogP contribution is -2.31. The summed E-state index contributed by atoms with van der Waals surface area (Å²) in [4.78, 5) is 13.1. The molecule has 0 aromatic carbocycles. The van der Waals surface area contributed by atoms with E-state index in [0.717, 1.165) is 25.4 Å². The summed E-state index contributed by atoms with van der Waals surface area (Å²) in [6.45, 7) is 8.83. The van der Waals surface area contributed by atoms with Gasteiger partial charge in [-0.25, -0.2) is 0 Å². The first-order valence-electron chi connectivity index (χ1n) is 5.39. The molecule has 0 fully saturated rings. The van der Waals surface area contributed by atoms with Crippen LogP contribution in [0.25, 0.3) is 0 Å². The highest BCUT2D eigenvalue weighted by Gasteiger charge is 2.08. The maximum Gasteiger partial charge on any atom is 0.319 e. The molecule has 0 aliphatic carbocycles. The van der Waals surface area contributed by atoms with E-state index in [2.05, 4.69) is 30.4 Å². The summed E-state index contributed by atoms with van der Waals surface area (Å²) in [7, 11) is 1.43. The number of esters is 1. The van der Waals surface area contributed by atoms with Crippen molar-refractivity contribution < 1.29 is 9.53 Å². The average Bonchev–Trinajstić information content (AvgIpc) is 2.15. The van der Waals surface area contributed by atoms with Crippen molar-refractivity contribution in [2.75, 3.05) is 26.7 Å². The first-order chi connectivity index (χ1) is 6.60. The molecule has 0 bridgehead atoms. The van der Waals surface area contributed by atoms with Gasteiger partial charge in [-0.2, -0.15) is 0 Å². The van der Waals surface area contributed by atoms with Gasteiger partial charge in [-0.05, 0) is 31.8 Å². The van der Waals surface area contributed by atoms with Crippen molar-refractivity contribution in [3.05, 3.63) is 0 Å². The maximum absolute atomic E-state index is 11.0. The van der Waals surface area contributed by atoms with Crippen LogP contribution in [0.2, 0.25) is 0 Å². The van der Waals surface area contributed by atoms with Gasteiger partial charge in [0.2, 0.25) is 0 Å². The Kier molecular flexibility index (Phi) is 7.48. The molecule has 14 heavy (non-hydrogen) atoms. The third-order valence-electron chi connectivity index (χ3n) is 2.28. The zero-order chi connectivity index (χ0) is 11.0. The number of likely N-dealkylation sites (N-methyl/N-ethyl adjacent to an activating group) is 1. The molecule has 0 atom stereocenters. The molecule has 0 amide bonds. The Morgan fingerprint density at radius 2 is 2.07 bits per heavy atom. The van der Waals surface area contributed by atoms with E-state index in [1.54, 1.807) is 0 Å². The van der Waals surface area contributed by atoms with E-state index in [1.165, 1.54) is 13.5 Å². The molecular weight excluding hydrogens is 178 g/mol. The van der Waals surface area contributed by atoms with Crippen LogP contribution in [0.5, 0.6) is 0 Å². The lowest BCUT2D eigenvalue weighted by atomic mass is 10.1. The second-order valence-corrected chi connectivity index (χ2v) is 3.98. The van der Waals surface area contributed by atoms with Crippen LogP contribution in [-0.4, -0.2) is 37.6 Å². The molecule has 0 aromatic rings. The molecule has 0 N–H and O–H groups in total. The van der Waals surface area contributed by atoms with Gasteiger partial charge in [0.25, 0.3) is 0 Å². The fourth-order valence-corrected chi connectivity index (χ4v) is 1.32. The number of hydrogen-bond donors (Lipinski definition) is 0. The first kappa shape index (κ1) is 13.4. The predicted octanol–water partition coefficient (Wildman–Crippen LogP) is 1.92. The summed E-state index contributed by atoms with van der Waals surface area (Å²) in [6.07, 6.45) is 2.38. The standard InChI is InChI=1S/C11H23NO2/c1-5-12(9-11(13)14-4)8-6-7-10(2)3/h10H,5-9H2,1-4H3. The van der Waals surface area contributed by atoms with E-state index in [9.17, 15) is 4.79 Å². The van der Waals surface area contributed by atoms with Crippen LogP contribution >= 0.6 is 0 Å². The Hall–Kier alpha value is -0.570. The van der Waals surface area contributed by atoms with Crippen LogP contribution < -0.4 is 0 Å². The molecule has 0 aromatic heterocycles. The van der Waals surface area contributed by atoms with E-state index in [4.69, 9.17) is 0 Å². The van der Waals surface area contributed by atoms with Crippen LogP contribution in [0, 0.1) is 5.92 Å². The molecule has 3 heteroatoms. The Balaban J connectivity index is 3.63. The minimum atomic E-state index is -0.142. The van der Waals surface area contributed by atoms with Crippen molar-refractivity contribution in [3.63, 3.8) is 0 Å². The lowest BCUT2D eigenvalue weighted by Gasteiger charge is -2.19. The van der Waals surface area contributed by atoms with E-state index < -0.39 is 0 Å². The molecule has 0 saturated carbocycles. The number of carbonyl (C=O) groups excluding carboxylic acids is 1. The SMILES string of the molecule is CCN(CCCC(C)C)CC(=O)OC. The minimum absolute atomic E-state index is 0.142. The van der Waals surface area contributed by atoms with Crippen molar-refractivity contribution in [2.24, 2.45) is 5.92 Å². The summed E-state index contributed by atoms with van der Waals surface area (Å²) in [6, 6.07) is 0. The lowest BCUT2D eigenvalue weighted by molar-refractivity contribution is -0.141. The zero-order valence-electron chi connectivity index (χ0n) is 9.88. The van der Waals surface area contributed by atoms with Crippen molar-refractivity contribution in [3.8, 4) is 0 Å². The van der Waals surface area contributed by atoms with Crippen molar-refractivity contribution in [2.45, 2.75) is 33.6 Å². The molecule has 0 spiro atoms. The quantitative estimate of drug-likeness (QED) is 0.589. The van der Waals surface area contributed by atoms with E-state index in [1.807, 2.05) is 0 Å². The van der Waals surface area contributed by atoms with Crippen molar-refractivity contribution >= 4 is 5.97 Å². The van der Waals surface area contributed by atoms with Crippen molar-refractivity contribution in [1.82, 2.24) is 4.90 Å². The Labute approximate surface area is 87.4 Å². The Morgan fingerprint density at radius 1 is 1.43 bits per heavy atom. The van der Waals surface area contributed by atoms with Crippen LogP contribution in [0.1, 0.15) is 33.6 Å². The van der Waals surface area contributed by atoms with Gasteiger partial charge in [0.1, 0.15) is 0 Å². The van der Waals surface area contributed by atoms with Crippen LogP contribution in [0.15, 0.2) is 0 Å². The summed E-state index contributed by atoms with van der Waals surface area (Å²) in [5.74, 6) is 0.600. The highest BCUT2D eigenvalue weighted by Crippen LogP contribution is 2.04. The average molecular weight is 201 g/mol. The monoisotopic (exact) mass is 201 g/mol. The zero-order valence-corrected chi connectivity index (χ0v) is 9.88. The Morgan fingerprint density at radius 3 is 2.50 bits per heavy atom. The highest BCUT2D eigenvalue weighted by molar-refractivity contribution is 5.71. The molecule has 0 saturated heterocycles. The smallest absolute Gasteiger partial charge is 0.319 e. The van der Waals surface area contributed by atoms with Crippen molar-refractivity contribution in [1.29, 1.82) is 0 Å². The number of nitrogens with zero attached hydrogens (tertiary/aromatic N) is 1. The fourth-order valence-electron chi connectivity index (χ4n) is 1.32. The largest absolute Gasteiger partial charge is 0.468 e. The molecule has 0 heterocycles. The van der Waals surface area contributed by atoms with Gasteiger partial charge < -0.3 is 4.74 Å². The number of hydrogen-bond acceptors (Lipinski definition) is 3. The second-order valence-electron chi connectivity index (χ2n) is 3.98. The van der Waals surface area contributed by atoms with Crippen LogP contribution in [-0.2, 0) is 9.53 Å². The fraction of sp³-hybridized carbons (Fsp3) is 0.909. The van der Waals surface area contributed by atoms with Gasteiger partial charge in [0.15, 0.2) is 0 Å². The number of ether oxygens (including phenoxy) is 1. The summed E-state index contributed by atoms with van der Waals surface area (Å²) < 4.78 is 4.63. The molecule has 0 rings (SSSR count). The van der Waals surface area contributed by atoms with Gasteiger partial charge in [-0.3, -0.25) is 9.69 Å². The molecule has 3 nitrogen and oxygen atoms in total. The summed E-state index contributed by atoms with van der Waals surface area (Å²) in [5, 5.41) is 0. The molecule has 0 radical (unpaired) electrons. The third kappa shape index (κ3) is 6.89. The molecule has 0 aliphatic heterocycles. The topological polar surface area (TPSA) is 29.5 Å². The van der Waals surface area contributed by atoms with Crippen LogP contribution in [0.4, 0.5) is 0 Å². The van der Waals surface area contributed by atoms with Gasteiger partial charge in [-0.1, -0.05) is 20.8 Å². The second kappa shape index (κ2) is 7.80. The van der Waals surface area contributed by atoms with E-state index in [-0.39, 0.29) is 5.97 Å². The first-order valence-corrected chi connectivity index (χ1v) is 5.39. The predicted molar refractivity (Wildman–Crippen MR) is 58.2 cm³/mol. The summed E-state index contributed by atoms with van der Waals surface area (Å²) >= 11 is 0. The van der Waals surface area contributed by atoms with Gasteiger partial charge in [0, 0.05) is 0 Å².